The van der Waals surface area contributed by atoms with Crippen molar-refractivity contribution in [1.82, 2.24) is 29.5 Å². The average molecular weight is 435 g/mol. The molecule has 1 aromatic carbocycles. The van der Waals surface area contributed by atoms with Gasteiger partial charge in [0.25, 0.3) is 5.91 Å². The molecular formula is C21H15ClN6OS. The zero-order chi connectivity index (χ0) is 20.2. The molecule has 30 heavy (non-hydrogen) atoms. The molecule has 1 aliphatic heterocycles. The van der Waals surface area contributed by atoms with Crippen LogP contribution in [-0.4, -0.2) is 41.9 Å². The minimum absolute atomic E-state index is 0.0831. The molecule has 1 atom stereocenters. The lowest BCUT2D eigenvalue weighted by atomic mass is 10.0. The maximum absolute atomic E-state index is 13.7. The van der Waals surface area contributed by atoms with Gasteiger partial charge < -0.3 is 9.88 Å². The molecule has 0 bridgehead atoms. The van der Waals surface area contributed by atoms with Gasteiger partial charge in [0.05, 0.1) is 39.0 Å². The highest BCUT2D eigenvalue weighted by molar-refractivity contribution is 7.18. The van der Waals surface area contributed by atoms with E-state index in [4.69, 9.17) is 16.6 Å². The Morgan fingerprint density at radius 2 is 2.17 bits per heavy atom. The van der Waals surface area contributed by atoms with Crippen LogP contribution < -0.4 is 0 Å². The number of hydrogen-bond acceptors (Lipinski definition) is 5. The third-order valence-electron chi connectivity index (χ3n) is 5.46. The van der Waals surface area contributed by atoms with Crippen molar-refractivity contribution >= 4 is 44.6 Å². The third-order valence-corrected chi connectivity index (χ3v) is 6.84. The second kappa shape index (κ2) is 6.65. The number of halogens is 1. The van der Waals surface area contributed by atoms with Crippen molar-refractivity contribution in [2.24, 2.45) is 0 Å². The van der Waals surface area contributed by atoms with E-state index in [9.17, 15) is 4.79 Å². The second-order valence-corrected chi connectivity index (χ2v) is 8.61. The number of carbonyl (C=O) groups is 1. The molecule has 5 aromatic rings. The van der Waals surface area contributed by atoms with E-state index in [0.717, 1.165) is 32.1 Å². The number of fused-ring (bicyclic) bond motifs is 3. The van der Waals surface area contributed by atoms with Gasteiger partial charge in [-0.25, -0.2) is 14.5 Å². The highest BCUT2D eigenvalue weighted by atomic mass is 35.5. The van der Waals surface area contributed by atoms with Gasteiger partial charge in [-0.15, -0.1) is 11.3 Å². The number of para-hydroxylation sites is 1. The maximum Gasteiger partial charge on any atom is 0.258 e. The van der Waals surface area contributed by atoms with E-state index < -0.39 is 0 Å². The summed E-state index contributed by atoms with van der Waals surface area (Å²) in [6.07, 6.45) is 5.86. The van der Waals surface area contributed by atoms with Gasteiger partial charge in [-0.2, -0.15) is 5.10 Å². The summed E-state index contributed by atoms with van der Waals surface area (Å²) in [5.74, 6) is -0.0831. The minimum atomic E-state index is -0.375. The molecule has 0 spiro atoms. The summed E-state index contributed by atoms with van der Waals surface area (Å²) in [4.78, 5) is 28.1. The van der Waals surface area contributed by atoms with E-state index in [0.29, 0.717) is 23.6 Å². The van der Waals surface area contributed by atoms with Crippen molar-refractivity contribution in [2.45, 2.75) is 12.5 Å². The Bertz CT molecular complexity index is 1420. The predicted molar refractivity (Wildman–Crippen MR) is 115 cm³/mol. The number of amides is 1. The van der Waals surface area contributed by atoms with Crippen LogP contribution in [0.1, 0.15) is 32.8 Å². The quantitative estimate of drug-likeness (QED) is 0.453. The summed E-state index contributed by atoms with van der Waals surface area (Å²) in [5, 5.41) is 5.74. The lowest BCUT2D eigenvalue weighted by molar-refractivity contribution is 0.0692. The summed E-state index contributed by atoms with van der Waals surface area (Å²) < 4.78 is 2.70. The highest BCUT2D eigenvalue weighted by Gasteiger charge is 2.37. The first kappa shape index (κ1) is 17.6. The summed E-state index contributed by atoms with van der Waals surface area (Å²) in [7, 11) is 0. The van der Waals surface area contributed by atoms with Crippen LogP contribution in [0.5, 0.6) is 0 Å². The number of nitrogens with one attached hydrogen (secondary N) is 1. The predicted octanol–water partition coefficient (Wildman–Crippen LogP) is 4.11. The first-order valence-corrected chi connectivity index (χ1v) is 10.7. The van der Waals surface area contributed by atoms with Gasteiger partial charge in [0.1, 0.15) is 16.6 Å². The number of H-pyrrole nitrogens is 1. The Hall–Kier alpha value is -3.23. The molecule has 1 aliphatic rings. The van der Waals surface area contributed by atoms with Crippen LogP contribution in [0.15, 0.2) is 55.1 Å². The summed E-state index contributed by atoms with van der Waals surface area (Å²) in [6.45, 7) is 0.562. The molecule has 0 fully saturated rings. The van der Waals surface area contributed by atoms with E-state index in [-0.39, 0.29) is 11.9 Å². The summed E-state index contributed by atoms with van der Waals surface area (Å²) in [6, 6.07) is 11.1. The van der Waals surface area contributed by atoms with Crippen molar-refractivity contribution in [3.05, 3.63) is 82.1 Å². The lowest BCUT2D eigenvalue weighted by Crippen LogP contribution is -2.40. The van der Waals surface area contributed by atoms with Crippen molar-refractivity contribution in [3.63, 3.8) is 0 Å². The van der Waals surface area contributed by atoms with E-state index in [1.54, 1.807) is 28.4 Å². The van der Waals surface area contributed by atoms with Crippen LogP contribution in [-0.2, 0) is 6.42 Å². The fourth-order valence-corrected chi connectivity index (χ4v) is 5.43. The number of aromatic amines is 1. The summed E-state index contributed by atoms with van der Waals surface area (Å²) >= 11 is 7.91. The van der Waals surface area contributed by atoms with Crippen LogP contribution in [0.4, 0.5) is 0 Å². The maximum atomic E-state index is 13.7. The van der Waals surface area contributed by atoms with E-state index >= 15 is 0 Å². The third kappa shape index (κ3) is 2.57. The number of hydrogen-bond donors (Lipinski definition) is 1. The average Bonchev–Trinajstić information content (AvgIpc) is 3.50. The monoisotopic (exact) mass is 434 g/mol. The molecule has 4 aromatic heterocycles. The molecule has 148 valence electrons. The zero-order valence-corrected chi connectivity index (χ0v) is 17.2. The number of pyridine rings is 1. The van der Waals surface area contributed by atoms with Crippen LogP contribution in [0, 0.1) is 0 Å². The first-order valence-electron chi connectivity index (χ1n) is 9.51. The van der Waals surface area contributed by atoms with Crippen LogP contribution in [0.2, 0.25) is 5.02 Å². The van der Waals surface area contributed by atoms with Crippen LogP contribution >= 0.6 is 22.9 Å². The topological polar surface area (TPSA) is 79.2 Å². The van der Waals surface area contributed by atoms with Gasteiger partial charge >= 0.3 is 0 Å². The molecule has 6 rings (SSSR count). The molecule has 1 N–H and O–H groups in total. The molecule has 9 heteroatoms. The number of imidazole rings is 1. The minimum Gasteiger partial charge on any atom is -0.348 e. The number of aromatic nitrogens is 5. The Morgan fingerprint density at radius 3 is 3.07 bits per heavy atom. The molecule has 7 nitrogen and oxygen atoms in total. The fraction of sp³-hybridized carbons (Fsp3) is 0.143. The van der Waals surface area contributed by atoms with Gasteiger partial charge in [-0.1, -0.05) is 23.7 Å². The first-order chi connectivity index (χ1) is 14.7. The molecule has 1 amide bonds. The van der Waals surface area contributed by atoms with Gasteiger partial charge in [-0.05, 0) is 24.3 Å². The molecule has 0 saturated carbocycles. The standard InChI is InChI=1S/C21H15ClN6OS/c22-13-4-3-6-16-17(13)26-20(30-16)19-18-14(23-11-24-18)7-9-27(19)21(29)12-10-25-28-8-2-1-5-15(12)28/h1-6,8,10-11,19H,7,9H2,(H,23,24)/t19-/m0/s1. The van der Waals surface area contributed by atoms with Crippen molar-refractivity contribution in [2.75, 3.05) is 6.54 Å². The number of rotatable bonds is 2. The van der Waals surface area contributed by atoms with Crippen LogP contribution in [0.25, 0.3) is 15.7 Å². The smallest absolute Gasteiger partial charge is 0.258 e. The van der Waals surface area contributed by atoms with Crippen molar-refractivity contribution in [3.8, 4) is 0 Å². The number of nitrogens with zero attached hydrogens (tertiary/aromatic N) is 5. The Morgan fingerprint density at radius 1 is 1.23 bits per heavy atom. The number of carbonyl (C=O) groups excluding carboxylic acids is 1. The molecule has 0 aliphatic carbocycles. The van der Waals surface area contributed by atoms with Gasteiger partial charge in [0.2, 0.25) is 0 Å². The molecular weight excluding hydrogens is 420 g/mol. The number of thiazole rings is 1. The number of benzene rings is 1. The molecule has 0 radical (unpaired) electrons. The molecule has 5 heterocycles. The van der Waals surface area contributed by atoms with Gasteiger partial charge in [-0.3, -0.25) is 4.79 Å². The highest BCUT2D eigenvalue weighted by Crippen LogP contribution is 2.39. The normalized spacial score (nSPS) is 16.3. The Labute approximate surface area is 180 Å². The Kier molecular flexibility index (Phi) is 3.90. The van der Waals surface area contributed by atoms with Gasteiger partial charge in [0.15, 0.2) is 0 Å². The van der Waals surface area contributed by atoms with Gasteiger partial charge in [0, 0.05) is 24.9 Å². The molecule has 0 unspecified atom stereocenters. The van der Waals surface area contributed by atoms with Crippen molar-refractivity contribution < 1.29 is 4.79 Å². The molecule has 0 saturated heterocycles. The SMILES string of the molecule is O=C(c1cnn2ccccc12)N1CCc2[nH]cnc2[C@H]1c1nc2c(Cl)cccc2s1. The van der Waals surface area contributed by atoms with E-state index in [1.807, 2.05) is 47.5 Å². The van der Waals surface area contributed by atoms with E-state index in [2.05, 4.69) is 15.1 Å². The second-order valence-electron chi connectivity index (χ2n) is 7.14. The largest absolute Gasteiger partial charge is 0.348 e. The lowest BCUT2D eigenvalue weighted by Gasteiger charge is -2.33. The van der Waals surface area contributed by atoms with Crippen molar-refractivity contribution in [1.29, 1.82) is 0 Å². The van der Waals surface area contributed by atoms with Crippen LogP contribution in [0.3, 0.4) is 0 Å². The summed E-state index contributed by atoms with van der Waals surface area (Å²) in [5.41, 5.74) is 3.97. The Balaban J connectivity index is 1.50. The zero-order valence-electron chi connectivity index (χ0n) is 15.6. The van der Waals surface area contributed by atoms with E-state index in [1.165, 1.54) is 0 Å². The fourth-order valence-electron chi connectivity index (χ4n) is 4.05.